The lowest BCUT2D eigenvalue weighted by Crippen LogP contribution is -1.80. The minimum atomic E-state index is 1.40. The van der Waals surface area contributed by atoms with E-state index in [0.29, 0.717) is 0 Å². The van der Waals surface area contributed by atoms with Crippen LogP contribution < -0.4 is 0 Å². The van der Waals surface area contributed by atoms with Crippen LogP contribution in [0.2, 0.25) is 0 Å². The highest BCUT2D eigenvalue weighted by atomic mass is 32.1. The van der Waals surface area contributed by atoms with Crippen molar-refractivity contribution < 1.29 is 0 Å². The number of hydrogen-bond donors (Lipinski definition) is 0. The molecule has 4 heterocycles. The Morgan fingerprint density at radius 3 is 1.06 bits per heavy atom. The number of benzene rings is 3. The van der Waals surface area contributed by atoms with Crippen LogP contribution in [0.5, 0.6) is 0 Å². The summed E-state index contributed by atoms with van der Waals surface area (Å²) >= 11 is 8.05. The first-order valence-corrected chi connectivity index (χ1v) is 14.2. The quantitative estimate of drug-likeness (QED) is 0.200. The summed E-state index contributed by atoms with van der Waals surface area (Å²) < 4.78 is 11.9. The summed E-state index contributed by atoms with van der Waals surface area (Å²) in [5.41, 5.74) is 8.55. The Balaban J connectivity index is 1.73. The Bertz CT molecular complexity index is 1790. The molecule has 0 N–H and O–H groups in total. The maximum absolute atomic E-state index is 2.36. The predicted octanol–water partition coefficient (Wildman–Crippen LogP) is 10.7. The average Bonchev–Trinajstić information content (AvgIpc) is 3.48. The SMILES string of the molecule is Cc1ccc(C)c2c1sc1c2sc2c(C)c3c(sc4c3sc3c(C)ccc(C)c34)c(C)c21. The Kier molecular flexibility index (Phi) is 3.85. The molecule has 158 valence electrons. The molecule has 4 aromatic heterocycles. The molecule has 0 nitrogen and oxygen atoms in total. The topological polar surface area (TPSA) is 0 Å². The van der Waals surface area contributed by atoms with Crippen molar-refractivity contribution in [1.29, 1.82) is 0 Å². The molecule has 0 spiro atoms. The highest BCUT2D eigenvalue weighted by Gasteiger charge is 2.23. The fraction of sp³-hybridized carbons (Fsp3) is 0.214. The lowest BCUT2D eigenvalue weighted by molar-refractivity contribution is 1.49. The zero-order valence-electron chi connectivity index (χ0n) is 18.9. The van der Waals surface area contributed by atoms with Crippen LogP contribution in [0.4, 0.5) is 0 Å². The second-order valence-corrected chi connectivity index (χ2v) is 13.3. The minimum absolute atomic E-state index is 1.40. The number of hydrogen-bond acceptors (Lipinski definition) is 4. The molecule has 0 radical (unpaired) electrons. The van der Waals surface area contributed by atoms with Gasteiger partial charge in [0.1, 0.15) is 0 Å². The smallest absolute Gasteiger partial charge is 0.0545 e. The predicted molar refractivity (Wildman–Crippen MR) is 151 cm³/mol. The number of fused-ring (bicyclic) bond motifs is 10. The van der Waals surface area contributed by atoms with Crippen molar-refractivity contribution in [2.24, 2.45) is 0 Å². The number of rotatable bonds is 0. The zero-order valence-corrected chi connectivity index (χ0v) is 22.2. The van der Waals surface area contributed by atoms with E-state index in [-0.39, 0.29) is 0 Å². The van der Waals surface area contributed by atoms with E-state index < -0.39 is 0 Å². The molecule has 7 aromatic rings. The van der Waals surface area contributed by atoms with Crippen LogP contribution in [-0.2, 0) is 0 Å². The Morgan fingerprint density at radius 1 is 0.344 bits per heavy atom. The summed E-state index contributed by atoms with van der Waals surface area (Å²) in [7, 11) is 0. The van der Waals surface area contributed by atoms with Crippen molar-refractivity contribution in [2.75, 3.05) is 0 Å². The summed E-state index contributed by atoms with van der Waals surface area (Å²) in [6, 6.07) is 9.13. The van der Waals surface area contributed by atoms with Gasteiger partial charge in [-0.3, -0.25) is 0 Å². The van der Waals surface area contributed by atoms with Crippen LogP contribution in [0.25, 0.3) is 59.1 Å². The highest BCUT2D eigenvalue weighted by Crippen LogP contribution is 2.54. The first-order valence-electron chi connectivity index (χ1n) is 11.0. The van der Waals surface area contributed by atoms with Gasteiger partial charge in [0, 0.05) is 40.3 Å². The van der Waals surface area contributed by atoms with Crippen molar-refractivity contribution in [3.63, 3.8) is 0 Å². The van der Waals surface area contributed by atoms with Crippen molar-refractivity contribution in [3.05, 3.63) is 57.6 Å². The summed E-state index contributed by atoms with van der Waals surface area (Å²) in [5.74, 6) is 0. The van der Waals surface area contributed by atoms with Crippen molar-refractivity contribution in [2.45, 2.75) is 41.5 Å². The minimum Gasteiger partial charge on any atom is -0.133 e. The molecule has 0 aliphatic rings. The molecule has 0 aliphatic heterocycles. The van der Waals surface area contributed by atoms with Gasteiger partial charge in [0.15, 0.2) is 0 Å². The highest BCUT2D eigenvalue weighted by molar-refractivity contribution is 7.38. The van der Waals surface area contributed by atoms with E-state index in [1.807, 2.05) is 45.3 Å². The molecule has 0 saturated heterocycles. The second-order valence-electron chi connectivity index (χ2n) is 9.19. The van der Waals surface area contributed by atoms with Crippen LogP contribution in [0.1, 0.15) is 33.4 Å². The molecule has 32 heavy (non-hydrogen) atoms. The van der Waals surface area contributed by atoms with Crippen LogP contribution in [0.15, 0.2) is 24.3 Å². The maximum atomic E-state index is 2.36. The summed E-state index contributed by atoms with van der Waals surface area (Å²) in [6.45, 7) is 13.8. The molecule has 0 saturated carbocycles. The molecule has 3 aromatic carbocycles. The van der Waals surface area contributed by atoms with Gasteiger partial charge < -0.3 is 0 Å². The van der Waals surface area contributed by atoms with Crippen molar-refractivity contribution in [3.8, 4) is 0 Å². The van der Waals surface area contributed by atoms with Crippen LogP contribution in [0.3, 0.4) is 0 Å². The third-order valence-corrected chi connectivity index (χ3v) is 12.7. The van der Waals surface area contributed by atoms with E-state index in [1.54, 1.807) is 0 Å². The third-order valence-electron chi connectivity index (χ3n) is 7.15. The van der Waals surface area contributed by atoms with Crippen molar-refractivity contribution >= 4 is 104 Å². The summed E-state index contributed by atoms with van der Waals surface area (Å²) in [5, 5.41) is 5.96. The van der Waals surface area contributed by atoms with Gasteiger partial charge in [0.05, 0.1) is 18.8 Å². The lowest BCUT2D eigenvalue weighted by Gasteiger charge is -2.05. The third kappa shape index (κ3) is 2.22. The number of aryl methyl sites for hydroxylation is 6. The van der Waals surface area contributed by atoms with Gasteiger partial charge in [-0.25, -0.2) is 0 Å². The molecule has 0 aliphatic carbocycles. The second kappa shape index (κ2) is 6.32. The van der Waals surface area contributed by atoms with Gasteiger partial charge in [-0.05, 0) is 74.9 Å². The van der Waals surface area contributed by atoms with E-state index in [4.69, 9.17) is 0 Å². The first kappa shape index (κ1) is 19.5. The van der Waals surface area contributed by atoms with Crippen LogP contribution >= 0.6 is 45.3 Å². The molecule has 4 heteroatoms. The molecule has 0 fully saturated rings. The van der Waals surface area contributed by atoms with Gasteiger partial charge in [0.25, 0.3) is 0 Å². The fourth-order valence-electron chi connectivity index (χ4n) is 5.39. The van der Waals surface area contributed by atoms with E-state index >= 15 is 0 Å². The molecule has 0 atom stereocenters. The van der Waals surface area contributed by atoms with Crippen LogP contribution in [-0.4, -0.2) is 0 Å². The standard InChI is InChI=1S/C28H22S4/c1-11-7-9-13(3)21-17(11)25-27(29-21)19-15(5)24-20(16(6)23(19)31-25)28-26(32-24)18-12(2)8-10-14(4)22(18)30-28/h7-10H,1-6H3. The Morgan fingerprint density at radius 2 is 0.656 bits per heavy atom. The maximum Gasteiger partial charge on any atom is 0.0545 e. The molecule has 0 unspecified atom stereocenters. The number of thiophene rings is 4. The van der Waals surface area contributed by atoms with E-state index in [2.05, 4.69) is 65.8 Å². The molecular weight excluding hydrogens is 465 g/mol. The van der Waals surface area contributed by atoms with Gasteiger partial charge in [0.2, 0.25) is 0 Å². The molecule has 0 amide bonds. The van der Waals surface area contributed by atoms with Gasteiger partial charge in [-0.15, -0.1) is 45.3 Å². The molecule has 7 rings (SSSR count). The largest absolute Gasteiger partial charge is 0.133 e. The molecule has 0 bridgehead atoms. The average molecular weight is 487 g/mol. The summed E-state index contributed by atoms with van der Waals surface area (Å²) in [4.78, 5) is 0. The van der Waals surface area contributed by atoms with Gasteiger partial charge in [-0.2, -0.15) is 0 Å². The fourth-order valence-corrected chi connectivity index (χ4v) is 11.6. The Hall–Kier alpha value is -1.98. The van der Waals surface area contributed by atoms with Gasteiger partial charge in [-0.1, -0.05) is 24.3 Å². The van der Waals surface area contributed by atoms with E-state index in [1.165, 1.54) is 92.5 Å². The molecular formula is C28H22S4. The zero-order chi connectivity index (χ0) is 22.0. The van der Waals surface area contributed by atoms with Crippen molar-refractivity contribution in [1.82, 2.24) is 0 Å². The van der Waals surface area contributed by atoms with E-state index in [0.717, 1.165) is 0 Å². The van der Waals surface area contributed by atoms with Gasteiger partial charge >= 0.3 is 0 Å². The lowest BCUT2D eigenvalue weighted by atomic mass is 10.0. The monoisotopic (exact) mass is 486 g/mol. The Labute approximate surface area is 202 Å². The normalized spacial score (nSPS) is 12.7. The van der Waals surface area contributed by atoms with Crippen LogP contribution in [0, 0.1) is 41.5 Å². The summed E-state index contributed by atoms with van der Waals surface area (Å²) in [6.07, 6.45) is 0. The van der Waals surface area contributed by atoms with E-state index in [9.17, 15) is 0 Å². The first-order chi connectivity index (χ1) is 15.4.